The summed E-state index contributed by atoms with van der Waals surface area (Å²) in [6.07, 6.45) is 2.38. The van der Waals surface area contributed by atoms with Gasteiger partial charge in [-0.3, -0.25) is 4.90 Å². The molecule has 1 aromatic heterocycles. The number of hydrogen-bond acceptors (Lipinski definition) is 5. The average Bonchev–Trinajstić information content (AvgIpc) is 3.00. The molecule has 0 unspecified atom stereocenters. The smallest absolute Gasteiger partial charge is 0.241 e. The minimum absolute atomic E-state index is 0.607. The molecule has 0 radical (unpaired) electrons. The van der Waals surface area contributed by atoms with Gasteiger partial charge in [-0.05, 0) is 31.6 Å². The molecule has 2 rings (SSSR count). The average molecular weight is 289 g/mol. The van der Waals surface area contributed by atoms with E-state index in [2.05, 4.69) is 28.9 Å². The number of hydrogen-bond donors (Lipinski definition) is 0. The fraction of sp³-hybridized carbons (Fsp3) is 0.500. The van der Waals surface area contributed by atoms with Gasteiger partial charge in [-0.25, -0.2) is 0 Å². The van der Waals surface area contributed by atoms with E-state index in [9.17, 15) is 0 Å². The zero-order valence-corrected chi connectivity index (χ0v) is 13.0. The minimum atomic E-state index is 0.607. The highest BCUT2D eigenvalue weighted by atomic mass is 16.5. The van der Waals surface area contributed by atoms with Gasteiger partial charge in [0.05, 0.1) is 13.7 Å². The van der Waals surface area contributed by atoms with Crippen molar-refractivity contribution < 1.29 is 9.26 Å². The van der Waals surface area contributed by atoms with Crippen LogP contribution in [-0.2, 0) is 6.54 Å². The van der Waals surface area contributed by atoms with E-state index in [-0.39, 0.29) is 0 Å². The van der Waals surface area contributed by atoms with Crippen molar-refractivity contribution in [3.8, 4) is 17.1 Å². The largest absolute Gasteiger partial charge is 0.497 e. The van der Waals surface area contributed by atoms with Crippen LogP contribution in [-0.4, -0.2) is 35.2 Å². The van der Waals surface area contributed by atoms with Crippen LogP contribution in [0.25, 0.3) is 11.4 Å². The quantitative estimate of drug-likeness (QED) is 0.745. The lowest BCUT2D eigenvalue weighted by atomic mass is 10.2. The molecule has 0 saturated carbocycles. The summed E-state index contributed by atoms with van der Waals surface area (Å²) in [6, 6.07) is 7.67. The van der Waals surface area contributed by atoms with Crippen molar-refractivity contribution in [3.63, 3.8) is 0 Å². The van der Waals surface area contributed by atoms with Crippen molar-refractivity contribution in [1.29, 1.82) is 0 Å². The topological polar surface area (TPSA) is 51.4 Å². The van der Waals surface area contributed by atoms with Gasteiger partial charge in [-0.15, -0.1) is 0 Å². The molecule has 5 nitrogen and oxygen atoms in total. The summed E-state index contributed by atoms with van der Waals surface area (Å²) in [5.74, 6) is 2.05. The van der Waals surface area contributed by atoms with Crippen molar-refractivity contribution in [3.05, 3.63) is 30.2 Å². The van der Waals surface area contributed by atoms with Gasteiger partial charge in [0.25, 0.3) is 0 Å². The predicted octanol–water partition coefficient (Wildman–Crippen LogP) is 3.37. The lowest BCUT2D eigenvalue weighted by molar-refractivity contribution is 0.233. The van der Waals surface area contributed by atoms with E-state index in [4.69, 9.17) is 9.26 Å². The summed E-state index contributed by atoms with van der Waals surface area (Å²) in [4.78, 5) is 6.79. The molecule has 0 spiro atoms. The Morgan fingerprint density at radius 1 is 1.29 bits per heavy atom. The third-order valence-electron chi connectivity index (χ3n) is 3.43. The van der Waals surface area contributed by atoms with Crippen LogP contribution in [0, 0.1) is 0 Å². The van der Waals surface area contributed by atoms with Crippen molar-refractivity contribution in [2.45, 2.75) is 33.2 Å². The van der Waals surface area contributed by atoms with Crippen molar-refractivity contribution in [2.75, 3.05) is 20.2 Å². The fourth-order valence-electron chi connectivity index (χ4n) is 2.12. The Balaban J connectivity index is 2.06. The van der Waals surface area contributed by atoms with Gasteiger partial charge < -0.3 is 9.26 Å². The second-order valence-corrected chi connectivity index (χ2v) is 4.97. The number of ether oxygens (including phenoxy) is 1. The third kappa shape index (κ3) is 4.29. The van der Waals surface area contributed by atoms with Gasteiger partial charge in [-0.1, -0.05) is 37.6 Å². The molecule has 0 N–H and O–H groups in total. The first kappa shape index (κ1) is 15.5. The Morgan fingerprint density at radius 3 is 2.86 bits per heavy atom. The maximum Gasteiger partial charge on any atom is 0.241 e. The van der Waals surface area contributed by atoms with Crippen molar-refractivity contribution in [1.82, 2.24) is 15.0 Å². The van der Waals surface area contributed by atoms with Crippen LogP contribution in [0.1, 0.15) is 32.6 Å². The fourth-order valence-corrected chi connectivity index (χ4v) is 2.12. The number of rotatable bonds is 8. The van der Waals surface area contributed by atoms with Crippen LogP contribution in [0.4, 0.5) is 0 Å². The Bertz CT molecular complexity index is 554. The maximum atomic E-state index is 5.36. The van der Waals surface area contributed by atoms with E-state index >= 15 is 0 Å². The zero-order valence-electron chi connectivity index (χ0n) is 13.0. The molecule has 21 heavy (non-hydrogen) atoms. The van der Waals surface area contributed by atoms with E-state index in [0.717, 1.165) is 24.4 Å². The highest BCUT2D eigenvalue weighted by molar-refractivity contribution is 5.56. The van der Waals surface area contributed by atoms with Gasteiger partial charge >= 0.3 is 0 Å². The predicted molar refractivity (Wildman–Crippen MR) is 82.1 cm³/mol. The highest BCUT2D eigenvalue weighted by Gasteiger charge is 2.12. The molecule has 0 amide bonds. The highest BCUT2D eigenvalue weighted by Crippen LogP contribution is 2.21. The maximum absolute atomic E-state index is 5.36. The molecule has 2 aromatic rings. The Hall–Kier alpha value is -1.88. The molecule has 1 aromatic carbocycles. The molecule has 0 saturated heterocycles. The van der Waals surface area contributed by atoms with E-state index < -0.39 is 0 Å². The number of aromatic nitrogens is 2. The molecule has 0 aliphatic rings. The zero-order chi connectivity index (χ0) is 15.1. The lowest BCUT2D eigenvalue weighted by Gasteiger charge is -2.17. The Kier molecular flexibility index (Phi) is 5.75. The van der Waals surface area contributed by atoms with Gasteiger partial charge in [0.2, 0.25) is 11.7 Å². The van der Waals surface area contributed by atoms with E-state index in [1.54, 1.807) is 7.11 Å². The van der Waals surface area contributed by atoms with Crippen LogP contribution < -0.4 is 4.74 Å². The Labute approximate surface area is 125 Å². The first-order valence-electron chi connectivity index (χ1n) is 7.46. The lowest BCUT2D eigenvalue weighted by Crippen LogP contribution is -2.24. The number of benzene rings is 1. The van der Waals surface area contributed by atoms with Crippen LogP contribution in [0.5, 0.6) is 5.75 Å². The summed E-state index contributed by atoms with van der Waals surface area (Å²) in [5, 5.41) is 4.06. The molecule has 5 heteroatoms. The molecule has 0 atom stereocenters. The summed E-state index contributed by atoms with van der Waals surface area (Å²) in [6.45, 7) is 7.09. The van der Waals surface area contributed by atoms with E-state index in [1.807, 2.05) is 24.3 Å². The van der Waals surface area contributed by atoms with Gasteiger partial charge in [0, 0.05) is 5.56 Å². The van der Waals surface area contributed by atoms with E-state index in [1.165, 1.54) is 12.8 Å². The number of unbranched alkanes of at least 4 members (excludes halogenated alkanes) is 1. The normalized spacial score (nSPS) is 11.0. The molecule has 114 valence electrons. The van der Waals surface area contributed by atoms with Crippen molar-refractivity contribution >= 4 is 0 Å². The van der Waals surface area contributed by atoms with Gasteiger partial charge in [-0.2, -0.15) is 4.98 Å². The minimum Gasteiger partial charge on any atom is -0.497 e. The molecule has 0 aliphatic carbocycles. The van der Waals surface area contributed by atoms with Crippen LogP contribution in [0.15, 0.2) is 28.8 Å². The summed E-state index contributed by atoms with van der Waals surface area (Å²) in [7, 11) is 1.65. The first-order chi connectivity index (χ1) is 10.3. The first-order valence-corrected chi connectivity index (χ1v) is 7.46. The molecular formula is C16H23N3O2. The van der Waals surface area contributed by atoms with Crippen LogP contribution in [0.3, 0.4) is 0 Å². The Morgan fingerprint density at radius 2 is 2.14 bits per heavy atom. The summed E-state index contributed by atoms with van der Waals surface area (Å²) >= 11 is 0. The van der Waals surface area contributed by atoms with Crippen LogP contribution >= 0.6 is 0 Å². The van der Waals surface area contributed by atoms with Gasteiger partial charge in [0.1, 0.15) is 5.75 Å². The second-order valence-electron chi connectivity index (χ2n) is 4.97. The molecule has 0 aliphatic heterocycles. The van der Waals surface area contributed by atoms with E-state index in [0.29, 0.717) is 18.3 Å². The number of methoxy groups -OCH3 is 1. The second kappa shape index (κ2) is 7.78. The molecule has 1 heterocycles. The summed E-state index contributed by atoms with van der Waals surface area (Å²) in [5.41, 5.74) is 0.904. The summed E-state index contributed by atoms with van der Waals surface area (Å²) < 4.78 is 10.6. The third-order valence-corrected chi connectivity index (χ3v) is 3.43. The van der Waals surface area contributed by atoms with Crippen molar-refractivity contribution in [2.24, 2.45) is 0 Å². The standard InChI is InChI=1S/C16H23N3O2/c1-4-6-10-19(5-2)12-15-17-16(18-21-15)13-8-7-9-14(11-13)20-3/h7-9,11H,4-6,10,12H2,1-3H3. The molecule has 0 bridgehead atoms. The van der Waals surface area contributed by atoms with Crippen LogP contribution in [0.2, 0.25) is 0 Å². The molecular weight excluding hydrogens is 266 g/mol. The number of nitrogens with zero attached hydrogens (tertiary/aromatic N) is 3. The molecule has 0 fully saturated rings. The monoisotopic (exact) mass is 289 g/mol. The van der Waals surface area contributed by atoms with Gasteiger partial charge in [0.15, 0.2) is 0 Å². The SMILES string of the molecule is CCCCN(CC)Cc1nc(-c2cccc(OC)c2)no1.